The van der Waals surface area contributed by atoms with Gasteiger partial charge in [0, 0.05) is 6.42 Å². The smallest absolute Gasteiger partial charge is 0.123 e. The van der Waals surface area contributed by atoms with E-state index < -0.39 is 5.60 Å². The highest BCUT2D eigenvalue weighted by molar-refractivity contribution is 5.31. The summed E-state index contributed by atoms with van der Waals surface area (Å²) in [5.41, 5.74) is 1.86. The highest BCUT2D eigenvalue weighted by atomic mass is 19.1. The summed E-state index contributed by atoms with van der Waals surface area (Å²) < 4.78 is 13.1. The van der Waals surface area contributed by atoms with E-state index in [2.05, 4.69) is 0 Å². The van der Waals surface area contributed by atoms with Crippen molar-refractivity contribution in [3.05, 3.63) is 71.0 Å². The molecular weight excluding hydrogens is 239 g/mol. The summed E-state index contributed by atoms with van der Waals surface area (Å²) in [5, 5.41) is 10.8. The molecule has 0 saturated carbocycles. The number of halogens is 1. The molecule has 0 aliphatic rings. The molecule has 2 aromatic rings. The average molecular weight is 258 g/mol. The number of hydrogen-bond acceptors (Lipinski definition) is 1. The van der Waals surface area contributed by atoms with Gasteiger partial charge in [0.15, 0.2) is 0 Å². The molecule has 0 saturated heterocycles. The van der Waals surface area contributed by atoms with E-state index in [4.69, 9.17) is 0 Å². The molecule has 100 valence electrons. The Labute approximate surface area is 113 Å². The van der Waals surface area contributed by atoms with Gasteiger partial charge < -0.3 is 5.11 Å². The van der Waals surface area contributed by atoms with E-state index in [-0.39, 0.29) is 5.82 Å². The van der Waals surface area contributed by atoms with Crippen molar-refractivity contribution in [3.8, 4) is 0 Å². The molecule has 0 fully saturated rings. The molecular formula is C17H19FO. The van der Waals surface area contributed by atoms with E-state index in [1.165, 1.54) is 12.1 Å². The molecule has 1 nitrogen and oxygen atoms in total. The van der Waals surface area contributed by atoms with Crippen molar-refractivity contribution in [2.75, 3.05) is 0 Å². The molecule has 0 spiro atoms. The van der Waals surface area contributed by atoms with Crippen molar-refractivity contribution in [3.63, 3.8) is 0 Å². The average Bonchev–Trinajstić information content (AvgIpc) is 2.43. The van der Waals surface area contributed by atoms with E-state index in [9.17, 15) is 9.50 Å². The van der Waals surface area contributed by atoms with Crippen LogP contribution in [0, 0.1) is 12.7 Å². The first-order chi connectivity index (χ1) is 9.05. The lowest BCUT2D eigenvalue weighted by Crippen LogP contribution is -2.28. The second-order valence-electron chi connectivity index (χ2n) is 5.00. The lowest BCUT2D eigenvalue weighted by Gasteiger charge is -2.28. The predicted octanol–water partition coefficient (Wildman–Crippen LogP) is 3.97. The molecule has 0 aromatic heterocycles. The highest BCUT2D eigenvalue weighted by Gasteiger charge is 2.27. The van der Waals surface area contributed by atoms with E-state index in [0.717, 1.165) is 16.7 Å². The molecule has 0 aliphatic carbocycles. The van der Waals surface area contributed by atoms with Crippen LogP contribution >= 0.6 is 0 Å². The number of hydrogen-bond donors (Lipinski definition) is 1. The van der Waals surface area contributed by atoms with Gasteiger partial charge in [-0.2, -0.15) is 0 Å². The first-order valence-electron chi connectivity index (χ1n) is 6.58. The van der Waals surface area contributed by atoms with Crippen LogP contribution < -0.4 is 0 Å². The largest absolute Gasteiger partial charge is 0.385 e. The van der Waals surface area contributed by atoms with Crippen molar-refractivity contribution >= 4 is 0 Å². The van der Waals surface area contributed by atoms with Crippen LogP contribution in [-0.2, 0) is 12.0 Å². The van der Waals surface area contributed by atoms with E-state index >= 15 is 0 Å². The van der Waals surface area contributed by atoms with Crippen LogP contribution in [0.1, 0.15) is 30.0 Å². The molecule has 0 radical (unpaired) electrons. The van der Waals surface area contributed by atoms with Crippen LogP contribution in [0.3, 0.4) is 0 Å². The van der Waals surface area contributed by atoms with Gasteiger partial charge in [0.25, 0.3) is 0 Å². The molecule has 2 heteroatoms. The number of benzene rings is 2. The van der Waals surface area contributed by atoms with Crippen LogP contribution in [0.4, 0.5) is 4.39 Å². The minimum atomic E-state index is -0.899. The Morgan fingerprint density at radius 1 is 1.11 bits per heavy atom. The minimum Gasteiger partial charge on any atom is -0.385 e. The van der Waals surface area contributed by atoms with Crippen LogP contribution in [0.25, 0.3) is 0 Å². The first kappa shape index (κ1) is 13.8. The van der Waals surface area contributed by atoms with Crippen LogP contribution in [0.5, 0.6) is 0 Å². The summed E-state index contributed by atoms with van der Waals surface area (Å²) in [6, 6.07) is 14.4. The second kappa shape index (κ2) is 5.54. The number of aryl methyl sites for hydroxylation is 1. The Bertz CT molecular complexity index is 550. The monoisotopic (exact) mass is 258 g/mol. The molecule has 1 atom stereocenters. The first-order valence-corrected chi connectivity index (χ1v) is 6.58. The Balaban J connectivity index is 2.33. The SMILES string of the molecule is CCC(O)(Cc1ccc(F)cc1C)c1ccccc1. The quantitative estimate of drug-likeness (QED) is 0.879. The Kier molecular flexibility index (Phi) is 4.01. The van der Waals surface area contributed by atoms with Crippen molar-refractivity contribution in [2.45, 2.75) is 32.3 Å². The molecule has 0 bridgehead atoms. The second-order valence-corrected chi connectivity index (χ2v) is 5.00. The fraction of sp³-hybridized carbons (Fsp3) is 0.294. The molecule has 1 unspecified atom stereocenters. The Morgan fingerprint density at radius 2 is 1.79 bits per heavy atom. The zero-order valence-corrected chi connectivity index (χ0v) is 11.4. The van der Waals surface area contributed by atoms with E-state index in [1.54, 1.807) is 6.07 Å². The van der Waals surface area contributed by atoms with Gasteiger partial charge in [0.2, 0.25) is 0 Å². The predicted molar refractivity (Wildman–Crippen MR) is 75.5 cm³/mol. The van der Waals surface area contributed by atoms with E-state index in [1.807, 2.05) is 44.2 Å². The topological polar surface area (TPSA) is 20.2 Å². The van der Waals surface area contributed by atoms with Gasteiger partial charge >= 0.3 is 0 Å². The zero-order valence-electron chi connectivity index (χ0n) is 11.4. The maximum absolute atomic E-state index is 13.1. The summed E-state index contributed by atoms with van der Waals surface area (Å²) in [7, 11) is 0. The maximum atomic E-state index is 13.1. The Morgan fingerprint density at radius 3 is 2.37 bits per heavy atom. The summed E-state index contributed by atoms with van der Waals surface area (Å²) >= 11 is 0. The number of aliphatic hydroxyl groups is 1. The highest BCUT2D eigenvalue weighted by Crippen LogP contribution is 2.30. The van der Waals surface area contributed by atoms with Gasteiger partial charge in [-0.3, -0.25) is 0 Å². The summed E-state index contributed by atoms with van der Waals surface area (Å²) in [6.07, 6.45) is 1.12. The third-order valence-electron chi connectivity index (χ3n) is 3.68. The molecule has 19 heavy (non-hydrogen) atoms. The maximum Gasteiger partial charge on any atom is 0.123 e. The lowest BCUT2D eigenvalue weighted by molar-refractivity contribution is 0.0325. The molecule has 0 aliphatic heterocycles. The molecule has 2 aromatic carbocycles. The molecule has 1 N–H and O–H groups in total. The van der Waals surface area contributed by atoms with Crippen molar-refractivity contribution in [2.24, 2.45) is 0 Å². The fourth-order valence-electron chi connectivity index (χ4n) is 2.35. The van der Waals surface area contributed by atoms with Gasteiger partial charge in [-0.1, -0.05) is 43.3 Å². The summed E-state index contributed by atoms with van der Waals surface area (Å²) in [6.45, 7) is 3.84. The summed E-state index contributed by atoms with van der Waals surface area (Å²) in [4.78, 5) is 0. The van der Waals surface area contributed by atoms with Crippen molar-refractivity contribution in [1.82, 2.24) is 0 Å². The van der Waals surface area contributed by atoms with Gasteiger partial charge in [-0.15, -0.1) is 0 Å². The van der Waals surface area contributed by atoms with Crippen molar-refractivity contribution in [1.29, 1.82) is 0 Å². The van der Waals surface area contributed by atoms with Gasteiger partial charge in [0.05, 0.1) is 5.60 Å². The third kappa shape index (κ3) is 3.02. The minimum absolute atomic E-state index is 0.235. The molecule has 0 heterocycles. The van der Waals surface area contributed by atoms with Crippen molar-refractivity contribution < 1.29 is 9.50 Å². The normalized spacial score (nSPS) is 14.1. The van der Waals surface area contributed by atoms with Crippen LogP contribution in [-0.4, -0.2) is 5.11 Å². The third-order valence-corrected chi connectivity index (χ3v) is 3.68. The van der Waals surface area contributed by atoms with Crippen LogP contribution in [0.2, 0.25) is 0 Å². The Hall–Kier alpha value is -1.67. The molecule has 0 amide bonds. The lowest BCUT2D eigenvalue weighted by atomic mass is 9.84. The van der Waals surface area contributed by atoms with Crippen LogP contribution in [0.15, 0.2) is 48.5 Å². The van der Waals surface area contributed by atoms with Gasteiger partial charge in [0.1, 0.15) is 5.82 Å². The zero-order chi connectivity index (χ0) is 13.9. The molecule has 2 rings (SSSR count). The fourth-order valence-corrected chi connectivity index (χ4v) is 2.35. The van der Waals surface area contributed by atoms with Gasteiger partial charge in [-0.05, 0) is 42.2 Å². The summed E-state index contributed by atoms with van der Waals surface area (Å²) in [5.74, 6) is -0.235. The van der Waals surface area contributed by atoms with Gasteiger partial charge in [-0.25, -0.2) is 4.39 Å². The number of rotatable bonds is 4. The van der Waals surface area contributed by atoms with E-state index in [0.29, 0.717) is 12.8 Å². The standard InChI is InChI=1S/C17H19FO/c1-3-17(19,15-7-5-4-6-8-15)12-14-9-10-16(18)11-13(14)2/h4-11,19H,3,12H2,1-2H3.